The van der Waals surface area contributed by atoms with Crippen molar-refractivity contribution in [3.05, 3.63) is 82.7 Å². The molecule has 0 bridgehead atoms. The fraction of sp³-hybridized carbons (Fsp3) is 0.208. The van der Waals surface area contributed by atoms with Crippen LogP contribution in [0.1, 0.15) is 49.8 Å². The zero-order valence-electron chi connectivity index (χ0n) is 17.5. The molecule has 1 fully saturated rings. The van der Waals surface area contributed by atoms with Gasteiger partial charge in [0.25, 0.3) is 17.7 Å². The average Bonchev–Trinajstić information content (AvgIpc) is 3.52. The molecule has 5 rings (SSSR count). The Hall–Kier alpha value is -3.78. The van der Waals surface area contributed by atoms with Crippen LogP contribution in [0.3, 0.4) is 0 Å². The number of imide groups is 1. The van der Waals surface area contributed by atoms with Crippen molar-refractivity contribution in [3.63, 3.8) is 0 Å². The molecule has 166 valence electrons. The molecule has 1 aromatic heterocycles. The highest BCUT2D eigenvalue weighted by Gasteiger charge is 2.38. The third-order valence-corrected chi connectivity index (χ3v) is 5.98. The van der Waals surface area contributed by atoms with Gasteiger partial charge in [-0.25, -0.2) is 0 Å². The lowest BCUT2D eigenvalue weighted by atomic mass is 10.0. The van der Waals surface area contributed by atoms with Gasteiger partial charge >= 0.3 is 0 Å². The van der Waals surface area contributed by atoms with Crippen molar-refractivity contribution in [2.75, 3.05) is 6.54 Å². The minimum atomic E-state index is -0.427. The Kier molecular flexibility index (Phi) is 5.30. The van der Waals surface area contributed by atoms with Gasteiger partial charge in [-0.1, -0.05) is 29.8 Å². The van der Waals surface area contributed by atoms with Gasteiger partial charge in [-0.3, -0.25) is 19.3 Å². The summed E-state index contributed by atoms with van der Waals surface area (Å²) >= 11 is 6.21. The van der Waals surface area contributed by atoms with Gasteiger partial charge < -0.3 is 9.32 Å². The van der Waals surface area contributed by atoms with Gasteiger partial charge in [0.2, 0.25) is 11.8 Å². The molecule has 2 aliphatic rings. The molecule has 0 saturated heterocycles. The lowest BCUT2D eigenvalue weighted by molar-refractivity contribution is 0.0671. The number of aromatic nitrogens is 2. The first-order valence-electron chi connectivity index (χ1n) is 10.5. The number of amides is 3. The summed E-state index contributed by atoms with van der Waals surface area (Å²) in [5, 5.41) is 8.65. The van der Waals surface area contributed by atoms with Crippen LogP contribution in [0.4, 0.5) is 0 Å². The van der Waals surface area contributed by atoms with Crippen LogP contribution in [0.25, 0.3) is 11.5 Å². The molecule has 2 heterocycles. The topological polar surface area (TPSA) is 96.6 Å². The molecule has 1 aliphatic heterocycles. The minimum Gasteiger partial charge on any atom is -0.419 e. The molecular formula is C24H19ClN4O4. The van der Waals surface area contributed by atoms with E-state index in [1.165, 1.54) is 18.2 Å². The smallest absolute Gasteiger partial charge is 0.261 e. The van der Waals surface area contributed by atoms with Gasteiger partial charge in [0.15, 0.2) is 0 Å². The number of benzene rings is 2. The molecule has 3 aromatic rings. The number of carbonyl (C=O) groups is 3. The molecule has 33 heavy (non-hydrogen) atoms. The van der Waals surface area contributed by atoms with Crippen molar-refractivity contribution < 1.29 is 18.8 Å². The summed E-state index contributed by atoms with van der Waals surface area (Å²) in [6.07, 6.45) is 3.23. The Morgan fingerprint density at radius 1 is 1.12 bits per heavy atom. The molecule has 0 N–H and O–H groups in total. The summed E-state index contributed by atoms with van der Waals surface area (Å²) in [5.74, 6) is -0.507. The van der Waals surface area contributed by atoms with Crippen molar-refractivity contribution in [2.45, 2.75) is 25.4 Å². The maximum atomic E-state index is 13.3. The highest BCUT2D eigenvalue weighted by molar-refractivity contribution is 6.33. The minimum absolute atomic E-state index is 0.0519. The molecule has 9 heteroatoms. The average molecular weight is 463 g/mol. The van der Waals surface area contributed by atoms with Crippen LogP contribution in [-0.4, -0.2) is 50.3 Å². The monoisotopic (exact) mass is 462 g/mol. The van der Waals surface area contributed by atoms with Gasteiger partial charge in [0.1, 0.15) is 0 Å². The maximum Gasteiger partial charge on any atom is 0.261 e. The molecule has 0 unspecified atom stereocenters. The van der Waals surface area contributed by atoms with E-state index in [1.54, 1.807) is 23.1 Å². The van der Waals surface area contributed by atoms with E-state index in [0.717, 1.165) is 17.7 Å². The van der Waals surface area contributed by atoms with Gasteiger partial charge in [0, 0.05) is 18.2 Å². The van der Waals surface area contributed by atoms with Crippen LogP contribution in [0.5, 0.6) is 0 Å². The first-order chi connectivity index (χ1) is 16.0. The number of rotatable bonds is 7. The second-order valence-electron chi connectivity index (χ2n) is 7.91. The fourth-order valence-corrected chi connectivity index (χ4v) is 4.06. The molecule has 0 atom stereocenters. The SMILES string of the molecule is C=CCN1C(=O)c2ccc(C(=O)N(Cc3nnc(-c4ccccc4Cl)o3)C3CC3)cc2C1=O. The summed E-state index contributed by atoms with van der Waals surface area (Å²) in [7, 11) is 0. The van der Waals surface area contributed by atoms with E-state index in [2.05, 4.69) is 16.8 Å². The third kappa shape index (κ3) is 3.82. The predicted molar refractivity (Wildman–Crippen MR) is 120 cm³/mol. The van der Waals surface area contributed by atoms with E-state index in [9.17, 15) is 14.4 Å². The Morgan fingerprint density at radius 2 is 1.88 bits per heavy atom. The highest BCUT2D eigenvalue weighted by Crippen LogP contribution is 2.32. The number of hydrogen-bond acceptors (Lipinski definition) is 6. The zero-order valence-corrected chi connectivity index (χ0v) is 18.3. The number of fused-ring (bicyclic) bond motifs is 1. The Balaban J connectivity index is 1.39. The van der Waals surface area contributed by atoms with Crippen molar-refractivity contribution >= 4 is 29.3 Å². The largest absolute Gasteiger partial charge is 0.419 e. The van der Waals surface area contributed by atoms with Crippen molar-refractivity contribution in [2.24, 2.45) is 0 Å². The summed E-state index contributed by atoms with van der Waals surface area (Å²) in [6.45, 7) is 3.83. The van der Waals surface area contributed by atoms with Crippen LogP contribution >= 0.6 is 11.6 Å². The summed E-state index contributed by atoms with van der Waals surface area (Å²) in [6, 6.07) is 11.8. The molecule has 1 saturated carbocycles. The molecule has 8 nitrogen and oxygen atoms in total. The molecule has 2 aromatic carbocycles. The van der Waals surface area contributed by atoms with Gasteiger partial charge in [0.05, 0.1) is 28.3 Å². The number of halogens is 1. The zero-order chi connectivity index (χ0) is 23.1. The summed E-state index contributed by atoms with van der Waals surface area (Å²) in [4.78, 5) is 41.2. The fourth-order valence-electron chi connectivity index (χ4n) is 3.84. The highest BCUT2D eigenvalue weighted by atomic mass is 35.5. The lowest BCUT2D eigenvalue weighted by Crippen LogP contribution is -2.33. The van der Waals surface area contributed by atoms with Crippen molar-refractivity contribution in [1.82, 2.24) is 20.0 Å². The van der Waals surface area contributed by atoms with Gasteiger partial charge in [-0.15, -0.1) is 16.8 Å². The van der Waals surface area contributed by atoms with Crippen LogP contribution in [0, 0.1) is 0 Å². The molecule has 1 aliphatic carbocycles. The quantitative estimate of drug-likeness (QED) is 0.389. The van der Waals surface area contributed by atoms with E-state index < -0.39 is 5.91 Å². The third-order valence-electron chi connectivity index (χ3n) is 5.65. The first-order valence-corrected chi connectivity index (χ1v) is 10.8. The van der Waals surface area contributed by atoms with Crippen LogP contribution in [-0.2, 0) is 6.54 Å². The summed E-state index contributed by atoms with van der Waals surface area (Å²) in [5.41, 5.74) is 1.46. The normalized spacial score (nSPS) is 15.0. The van der Waals surface area contributed by atoms with Crippen molar-refractivity contribution in [1.29, 1.82) is 0 Å². The van der Waals surface area contributed by atoms with Crippen LogP contribution in [0.2, 0.25) is 5.02 Å². The number of hydrogen-bond donors (Lipinski definition) is 0. The van der Waals surface area contributed by atoms with Gasteiger partial charge in [-0.2, -0.15) is 0 Å². The second-order valence-corrected chi connectivity index (χ2v) is 8.32. The van der Waals surface area contributed by atoms with E-state index >= 15 is 0 Å². The molecular weight excluding hydrogens is 444 g/mol. The van der Waals surface area contributed by atoms with E-state index in [0.29, 0.717) is 16.1 Å². The second kappa shape index (κ2) is 8.29. The van der Waals surface area contributed by atoms with Crippen molar-refractivity contribution in [3.8, 4) is 11.5 Å². The number of carbonyl (C=O) groups excluding carboxylic acids is 3. The predicted octanol–water partition coefficient (Wildman–Crippen LogP) is 3.98. The van der Waals surface area contributed by atoms with E-state index in [1.807, 2.05) is 12.1 Å². The maximum absolute atomic E-state index is 13.3. The standard InChI is InChI=1S/C24H19ClN4O4/c1-2-11-28-23(31)16-10-7-14(12-18(16)24(28)32)22(30)29(15-8-9-15)13-20-26-27-21(33-20)17-5-3-4-6-19(17)25/h2-7,10,12,15H,1,8-9,11,13H2. The molecule has 3 amide bonds. The number of nitrogens with zero attached hydrogens (tertiary/aromatic N) is 4. The Bertz CT molecular complexity index is 1300. The van der Waals surface area contributed by atoms with Gasteiger partial charge in [-0.05, 0) is 43.2 Å². The van der Waals surface area contributed by atoms with Crippen LogP contribution in [0.15, 0.2) is 59.5 Å². The lowest BCUT2D eigenvalue weighted by Gasteiger charge is -2.20. The van der Waals surface area contributed by atoms with Crippen LogP contribution < -0.4 is 0 Å². The molecule has 0 spiro atoms. The Morgan fingerprint density at radius 3 is 2.61 bits per heavy atom. The summed E-state index contributed by atoms with van der Waals surface area (Å²) < 4.78 is 5.78. The Labute approximate surface area is 194 Å². The van der Waals surface area contributed by atoms with E-state index in [4.69, 9.17) is 16.0 Å². The molecule has 0 radical (unpaired) electrons. The van der Waals surface area contributed by atoms with E-state index in [-0.39, 0.29) is 53.9 Å². The first kappa shape index (κ1) is 21.1.